The van der Waals surface area contributed by atoms with E-state index in [0.717, 1.165) is 24.2 Å². The largest absolute Gasteiger partial charge is 0.326 e. The number of carbonyl (C=O) groups excluding carboxylic acids is 1. The van der Waals surface area contributed by atoms with E-state index in [9.17, 15) is 4.79 Å². The van der Waals surface area contributed by atoms with Gasteiger partial charge >= 0.3 is 0 Å². The fraction of sp³-hybridized carbons (Fsp3) is 0.500. The molecule has 3 nitrogen and oxygen atoms in total. The maximum absolute atomic E-state index is 11.3. The van der Waals surface area contributed by atoms with Crippen LogP contribution < -0.4 is 10.6 Å². The number of anilines is 1. The molecule has 0 fully saturated rings. The Bertz CT molecular complexity index is 415. The normalized spacial score (nSPS) is 15.5. The molecule has 2 rings (SSSR count). The maximum atomic E-state index is 11.3. The monoisotopic (exact) mass is 232 g/mol. The molecule has 0 saturated heterocycles. The van der Waals surface area contributed by atoms with Gasteiger partial charge in [-0.15, -0.1) is 0 Å². The molecule has 1 atom stereocenters. The second kappa shape index (κ2) is 5.32. The first-order valence-electron chi connectivity index (χ1n) is 6.29. The summed E-state index contributed by atoms with van der Waals surface area (Å²) in [5, 5.41) is 6.10. The quantitative estimate of drug-likeness (QED) is 0.815. The van der Waals surface area contributed by atoms with Gasteiger partial charge in [-0.25, -0.2) is 0 Å². The molecule has 0 aliphatic carbocycles. The van der Waals surface area contributed by atoms with Crippen LogP contribution >= 0.6 is 0 Å². The maximum Gasteiger partial charge on any atom is 0.228 e. The van der Waals surface area contributed by atoms with Crippen molar-refractivity contribution in [3.05, 3.63) is 29.3 Å². The Morgan fingerprint density at radius 2 is 2.29 bits per heavy atom. The average molecular weight is 232 g/mol. The fourth-order valence-corrected chi connectivity index (χ4v) is 2.39. The second-order valence-electron chi connectivity index (χ2n) is 4.75. The van der Waals surface area contributed by atoms with Crippen LogP contribution in [0.15, 0.2) is 18.2 Å². The van der Waals surface area contributed by atoms with Gasteiger partial charge in [0.25, 0.3) is 0 Å². The molecular weight excluding hydrogens is 212 g/mol. The van der Waals surface area contributed by atoms with E-state index in [4.69, 9.17) is 0 Å². The lowest BCUT2D eigenvalue weighted by atomic mass is 9.95. The molecule has 0 saturated carbocycles. The SMILES string of the molecule is CCC(CNC)Cc1ccc2c(c1)CC(=O)N2. The lowest BCUT2D eigenvalue weighted by Gasteiger charge is -2.14. The number of hydrogen-bond acceptors (Lipinski definition) is 2. The third kappa shape index (κ3) is 2.86. The van der Waals surface area contributed by atoms with Gasteiger partial charge < -0.3 is 10.6 Å². The lowest BCUT2D eigenvalue weighted by Crippen LogP contribution is -2.20. The number of carbonyl (C=O) groups is 1. The first kappa shape index (κ1) is 12.1. The number of fused-ring (bicyclic) bond motifs is 1. The number of rotatable bonds is 5. The van der Waals surface area contributed by atoms with Crippen molar-refractivity contribution in [2.75, 3.05) is 18.9 Å². The van der Waals surface area contributed by atoms with Crippen LogP contribution in [-0.2, 0) is 17.6 Å². The summed E-state index contributed by atoms with van der Waals surface area (Å²) in [6, 6.07) is 6.33. The first-order valence-corrected chi connectivity index (χ1v) is 6.29. The van der Waals surface area contributed by atoms with Crippen LogP contribution in [0.3, 0.4) is 0 Å². The molecule has 17 heavy (non-hydrogen) atoms. The van der Waals surface area contributed by atoms with Crippen LogP contribution in [0.5, 0.6) is 0 Å². The van der Waals surface area contributed by atoms with Gasteiger partial charge in [-0.2, -0.15) is 0 Å². The van der Waals surface area contributed by atoms with Crippen molar-refractivity contribution < 1.29 is 4.79 Å². The summed E-state index contributed by atoms with van der Waals surface area (Å²) in [6.45, 7) is 3.27. The van der Waals surface area contributed by atoms with E-state index in [1.54, 1.807) is 0 Å². The molecule has 0 bridgehead atoms. The Kier molecular flexibility index (Phi) is 3.79. The van der Waals surface area contributed by atoms with E-state index in [1.165, 1.54) is 12.0 Å². The Hall–Kier alpha value is -1.35. The number of benzene rings is 1. The fourth-order valence-electron chi connectivity index (χ4n) is 2.39. The van der Waals surface area contributed by atoms with E-state index >= 15 is 0 Å². The van der Waals surface area contributed by atoms with Crippen LogP contribution in [0.2, 0.25) is 0 Å². The van der Waals surface area contributed by atoms with Gasteiger partial charge in [-0.3, -0.25) is 4.79 Å². The van der Waals surface area contributed by atoms with Crippen LogP contribution in [0.1, 0.15) is 24.5 Å². The summed E-state index contributed by atoms with van der Waals surface area (Å²) in [6.07, 6.45) is 2.79. The zero-order valence-corrected chi connectivity index (χ0v) is 10.5. The minimum atomic E-state index is 0.111. The Balaban J connectivity index is 2.08. The van der Waals surface area contributed by atoms with E-state index in [1.807, 2.05) is 13.1 Å². The van der Waals surface area contributed by atoms with Crippen molar-refractivity contribution in [3.8, 4) is 0 Å². The molecule has 1 aliphatic heterocycles. The van der Waals surface area contributed by atoms with Crippen LogP contribution in [-0.4, -0.2) is 19.5 Å². The molecule has 1 unspecified atom stereocenters. The minimum Gasteiger partial charge on any atom is -0.326 e. The molecule has 0 spiro atoms. The molecule has 3 heteroatoms. The van der Waals surface area contributed by atoms with Crippen molar-refractivity contribution in [3.63, 3.8) is 0 Å². The summed E-state index contributed by atoms with van der Waals surface area (Å²) in [5.41, 5.74) is 3.47. The van der Waals surface area contributed by atoms with Crippen LogP contribution in [0.4, 0.5) is 5.69 Å². The third-order valence-electron chi connectivity index (χ3n) is 3.39. The highest BCUT2D eigenvalue weighted by molar-refractivity contribution is 5.99. The first-order chi connectivity index (χ1) is 8.22. The van der Waals surface area contributed by atoms with E-state index in [0.29, 0.717) is 12.3 Å². The minimum absolute atomic E-state index is 0.111. The van der Waals surface area contributed by atoms with Crippen molar-refractivity contribution >= 4 is 11.6 Å². The van der Waals surface area contributed by atoms with E-state index in [-0.39, 0.29) is 5.91 Å². The third-order valence-corrected chi connectivity index (χ3v) is 3.39. The van der Waals surface area contributed by atoms with E-state index in [2.05, 4.69) is 29.7 Å². The number of amides is 1. The topological polar surface area (TPSA) is 41.1 Å². The smallest absolute Gasteiger partial charge is 0.228 e. The molecule has 1 aliphatic rings. The standard InChI is InChI=1S/C14H20N2O/c1-3-10(9-15-2)6-11-4-5-13-12(7-11)8-14(17)16-13/h4-5,7,10,15H,3,6,8-9H2,1-2H3,(H,16,17). The van der Waals surface area contributed by atoms with Gasteiger partial charge in [0.05, 0.1) is 6.42 Å². The van der Waals surface area contributed by atoms with Gasteiger partial charge in [0.1, 0.15) is 0 Å². The predicted molar refractivity (Wildman–Crippen MR) is 70.2 cm³/mol. The molecule has 1 heterocycles. The molecule has 1 aromatic carbocycles. The zero-order chi connectivity index (χ0) is 12.3. The molecule has 1 amide bonds. The average Bonchev–Trinajstić information content (AvgIpc) is 2.68. The predicted octanol–water partition coefficient (Wildman–Crippen LogP) is 1.97. The van der Waals surface area contributed by atoms with Crippen molar-refractivity contribution in [2.45, 2.75) is 26.2 Å². The summed E-state index contributed by atoms with van der Waals surface area (Å²) < 4.78 is 0. The van der Waals surface area contributed by atoms with Crippen LogP contribution in [0.25, 0.3) is 0 Å². The van der Waals surface area contributed by atoms with Gasteiger partial charge in [-0.05, 0) is 43.1 Å². The molecular formula is C14H20N2O. The summed E-state index contributed by atoms with van der Waals surface area (Å²) in [7, 11) is 1.99. The van der Waals surface area contributed by atoms with Gasteiger partial charge in [-0.1, -0.05) is 25.5 Å². The van der Waals surface area contributed by atoms with Crippen molar-refractivity contribution in [1.82, 2.24) is 5.32 Å². The highest BCUT2D eigenvalue weighted by Gasteiger charge is 2.18. The number of hydrogen-bond donors (Lipinski definition) is 2. The summed E-state index contributed by atoms with van der Waals surface area (Å²) in [5.74, 6) is 0.780. The highest BCUT2D eigenvalue weighted by atomic mass is 16.1. The van der Waals surface area contributed by atoms with Crippen LogP contribution in [0, 0.1) is 5.92 Å². The van der Waals surface area contributed by atoms with Crippen molar-refractivity contribution in [2.24, 2.45) is 5.92 Å². The molecule has 0 aromatic heterocycles. The summed E-state index contributed by atoms with van der Waals surface area (Å²) in [4.78, 5) is 11.3. The lowest BCUT2D eigenvalue weighted by molar-refractivity contribution is -0.115. The Morgan fingerprint density at radius 1 is 1.47 bits per heavy atom. The molecule has 0 radical (unpaired) electrons. The molecule has 1 aromatic rings. The highest BCUT2D eigenvalue weighted by Crippen LogP contribution is 2.25. The van der Waals surface area contributed by atoms with Gasteiger partial charge in [0.15, 0.2) is 0 Å². The summed E-state index contributed by atoms with van der Waals surface area (Å²) >= 11 is 0. The number of nitrogens with one attached hydrogen (secondary N) is 2. The Morgan fingerprint density at radius 3 is 3.00 bits per heavy atom. The van der Waals surface area contributed by atoms with E-state index < -0.39 is 0 Å². The zero-order valence-electron chi connectivity index (χ0n) is 10.5. The second-order valence-corrected chi connectivity index (χ2v) is 4.75. The molecule has 92 valence electrons. The van der Waals surface area contributed by atoms with Gasteiger partial charge in [0, 0.05) is 5.69 Å². The van der Waals surface area contributed by atoms with Crippen molar-refractivity contribution in [1.29, 1.82) is 0 Å². The van der Waals surface area contributed by atoms with Gasteiger partial charge in [0.2, 0.25) is 5.91 Å². The Labute approximate surface area is 103 Å². The molecule has 2 N–H and O–H groups in total.